The van der Waals surface area contributed by atoms with Gasteiger partial charge in [0.1, 0.15) is 0 Å². The second-order valence-electron chi connectivity index (χ2n) is 2.39. The Kier molecular flexibility index (Phi) is 5.58. The molecule has 0 aliphatic rings. The minimum Gasteiger partial charge on any atom is -0.383 e. The quantitative estimate of drug-likeness (QED) is 0.523. The summed E-state index contributed by atoms with van der Waals surface area (Å²) in [5.41, 5.74) is 0. The van der Waals surface area contributed by atoms with Gasteiger partial charge in [-0.3, -0.25) is 0 Å². The predicted octanol–water partition coefficient (Wildman–Crippen LogP) is 0.431. The fourth-order valence-corrected chi connectivity index (χ4v) is 0.838. The number of ether oxygens (including phenoxy) is 1. The molecular weight excluding hydrogens is 128 g/mol. The summed E-state index contributed by atoms with van der Waals surface area (Å²) in [6.45, 7) is 4.94. The van der Waals surface area contributed by atoms with Crippen LogP contribution in [0.25, 0.3) is 0 Å². The highest BCUT2D eigenvalue weighted by molar-refractivity contribution is 4.45. The standard InChI is InChI=1S/C7H18N2O/c1-5-9(8(2)3)6-7-10-4/h5-7H2,1-4H3. The zero-order valence-corrected chi connectivity index (χ0v) is 7.42. The van der Waals surface area contributed by atoms with Crippen LogP contribution < -0.4 is 0 Å². The molecule has 3 heteroatoms. The Labute approximate surface area is 63.5 Å². The van der Waals surface area contributed by atoms with Crippen LogP contribution in [0.4, 0.5) is 0 Å². The van der Waals surface area contributed by atoms with E-state index in [1.54, 1.807) is 7.11 Å². The van der Waals surface area contributed by atoms with E-state index in [1.165, 1.54) is 0 Å². The number of nitrogens with zero attached hydrogens (tertiary/aromatic N) is 2. The Hall–Kier alpha value is -0.120. The van der Waals surface area contributed by atoms with Gasteiger partial charge in [0.15, 0.2) is 0 Å². The molecule has 0 aromatic rings. The van der Waals surface area contributed by atoms with Crippen LogP contribution in [0.3, 0.4) is 0 Å². The smallest absolute Gasteiger partial charge is 0.0603 e. The van der Waals surface area contributed by atoms with Crippen LogP contribution in [0, 0.1) is 0 Å². The van der Waals surface area contributed by atoms with Crippen LogP contribution in [0.15, 0.2) is 0 Å². The first-order valence-electron chi connectivity index (χ1n) is 3.63. The fourth-order valence-electron chi connectivity index (χ4n) is 0.838. The first kappa shape index (κ1) is 9.88. The van der Waals surface area contributed by atoms with Gasteiger partial charge in [-0.05, 0) is 0 Å². The largest absolute Gasteiger partial charge is 0.383 e. The van der Waals surface area contributed by atoms with Crippen molar-refractivity contribution in [1.82, 2.24) is 10.0 Å². The highest BCUT2D eigenvalue weighted by atomic mass is 16.5. The van der Waals surface area contributed by atoms with E-state index in [0.717, 1.165) is 19.7 Å². The molecule has 3 nitrogen and oxygen atoms in total. The van der Waals surface area contributed by atoms with Crippen LogP contribution in [0.1, 0.15) is 6.92 Å². The molecule has 0 atom stereocenters. The maximum absolute atomic E-state index is 4.96. The van der Waals surface area contributed by atoms with Crippen molar-refractivity contribution in [3.05, 3.63) is 0 Å². The van der Waals surface area contributed by atoms with Gasteiger partial charge < -0.3 is 4.74 Å². The Balaban J connectivity index is 3.40. The lowest BCUT2D eigenvalue weighted by atomic mass is 10.6. The Morgan fingerprint density at radius 1 is 1.30 bits per heavy atom. The summed E-state index contributed by atoms with van der Waals surface area (Å²) in [5, 5.41) is 4.29. The molecule has 0 bridgehead atoms. The maximum atomic E-state index is 4.96. The van der Waals surface area contributed by atoms with E-state index in [1.807, 2.05) is 14.1 Å². The van der Waals surface area contributed by atoms with Gasteiger partial charge in [0.05, 0.1) is 6.61 Å². The zero-order valence-electron chi connectivity index (χ0n) is 7.42. The third-order valence-corrected chi connectivity index (χ3v) is 1.48. The van der Waals surface area contributed by atoms with Gasteiger partial charge in [-0.25, -0.2) is 10.0 Å². The summed E-state index contributed by atoms with van der Waals surface area (Å²) >= 11 is 0. The number of likely N-dealkylation sites (N-methyl/N-ethyl adjacent to an activating group) is 1. The van der Waals surface area contributed by atoms with Crippen LogP contribution in [-0.2, 0) is 4.74 Å². The molecule has 0 aliphatic heterocycles. The minimum atomic E-state index is 0.798. The SMILES string of the molecule is CCN(CCOC)N(C)C. The third-order valence-electron chi connectivity index (χ3n) is 1.48. The van der Waals surface area contributed by atoms with Crippen molar-refractivity contribution in [2.45, 2.75) is 6.92 Å². The van der Waals surface area contributed by atoms with E-state index >= 15 is 0 Å². The van der Waals surface area contributed by atoms with Crippen molar-refractivity contribution < 1.29 is 4.74 Å². The zero-order chi connectivity index (χ0) is 7.98. The lowest BCUT2D eigenvalue weighted by Crippen LogP contribution is -2.38. The molecule has 0 radical (unpaired) electrons. The van der Waals surface area contributed by atoms with Crippen LogP contribution in [0.2, 0.25) is 0 Å². The molecule has 0 amide bonds. The molecule has 0 saturated heterocycles. The van der Waals surface area contributed by atoms with Crippen LogP contribution in [-0.4, -0.2) is 50.9 Å². The molecule has 0 N–H and O–H groups in total. The normalized spacial score (nSPS) is 11.4. The Morgan fingerprint density at radius 3 is 2.20 bits per heavy atom. The summed E-state index contributed by atoms with van der Waals surface area (Å²) in [6.07, 6.45) is 0. The molecule has 0 heterocycles. The Morgan fingerprint density at radius 2 is 1.90 bits per heavy atom. The number of hydrazine groups is 1. The van der Waals surface area contributed by atoms with Crippen LogP contribution in [0.5, 0.6) is 0 Å². The van der Waals surface area contributed by atoms with Crippen molar-refractivity contribution >= 4 is 0 Å². The molecule has 0 aliphatic carbocycles. The Bertz CT molecular complexity index is 76.0. The van der Waals surface area contributed by atoms with E-state index < -0.39 is 0 Å². The van der Waals surface area contributed by atoms with Gasteiger partial charge in [-0.15, -0.1) is 0 Å². The first-order chi connectivity index (χ1) is 4.72. The van der Waals surface area contributed by atoms with Gasteiger partial charge in [-0.1, -0.05) is 6.92 Å². The lowest BCUT2D eigenvalue weighted by Gasteiger charge is -2.26. The van der Waals surface area contributed by atoms with Crippen molar-refractivity contribution in [3.8, 4) is 0 Å². The molecule has 10 heavy (non-hydrogen) atoms. The predicted molar refractivity (Wildman–Crippen MR) is 42.8 cm³/mol. The number of hydrogen-bond donors (Lipinski definition) is 0. The van der Waals surface area contributed by atoms with E-state index in [9.17, 15) is 0 Å². The lowest BCUT2D eigenvalue weighted by molar-refractivity contribution is 0.00809. The molecule has 62 valence electrons. The molecule has 0 fully saturated rings. The second kappa shape index (κ2) is 5.65. The average Bonchev–Trinajstić information content (AvgIpc) is 1.89. The monoisotopic (exact) mass is 146 g/mol. The molecular formula is C7H18N2O. The average molecular weight is 146 g/mol. The van der Waals surface area contributed by atoms with Gasteiger partial charge in [0.2, 0.25) is 0 Å². The van der Waals surface area contributed by atoms with Crippen molar-refractivity contribution in [1.29, 1.82) is 0 Å². The van der Waals surface area contributed by atoms with E-state index in [2.05, 4.69) is 16.9 Å². The number of hydrogen-bond acceptors (Lipinski definition) is 3. The number of methoxy groups -OCH3 is 1. The minimum absolute atomic E-state index is 0.798. The van der Waals surface area contributed by atoms with Gasteiger partial charge in [-0.2, -0.15) is 0 Å². The molecule has 0 aromatic heterocycles. The van der Waals surface area contributed by atoms with Gasteiger partial charge in [0.25, 0.3) is 0 Å². The first-order valence-corrected chi connectivity index (χ1v) is 3.63. The topological polar surface area (TPSA) is 15.7 Å². The highest BCUT2D eigenvalue weighted by Crippen LogP contribution is 1.89. The molecule has 0 unspecified atom stereocenters. The van der Waals surface area contributed by atoms with Crippen molar-refractivity contribution in [3.63, 3.8) is 0 Å². The summed E-state index contributed by atoms with van der Waals surface area (Å²) in [5.74, 6) is 0. The van der Waals surface area contributed by atoms with Crippen LogP contribution >= 0.6 is 0 Å². The van der Waals surface area contributed by atoms with Gasteiger partial charge in [0, 0.05) is 34.3 Å². The van der Waals surface area contributed by atoms with Gasteiger partial charge >= 0.3 is 0 Å². The summed E-state index contributed by atoms with van der Waals surface area (Å²) in [6, 6.07) is 0. The van der Waals surface area contributed by atoms with E-state index in [-0.39, 0.29) is 0 Å². The van der Waals surface area contributed by atoms with Crippen molar-refractivity contribution in [2.75, 3.05) is 40.9 Å². The second-order valence-corrected chi connectivity index (χ2v) is 2.39. The fraction of sp³-hybridized carbons (Fsp3) is 1.00. The molecule has 0 saturated carbocycles. The van der Waals surface area contributed by atoms with E-state index in [0.29, 0.717) is 0 Å². The van der Waals surface area contributed by atoms with Crippen molar-refractivity contribution in [2.24, 2.45) is 0 Å². The third kappa shape index (κ3) is 3.82. The molecule has 0 rings (SSSR count). The maximum Gasteiger partial charge on any atom is 0.0603 e. The van der Waals surface area contributed by atoms with E-state index in [4.69, 9.17) is 4.74 Å². The molecule has 0 spiro atoms. The summed E-state index contributed by atoms with van der Waals surface area (Å²) in [4.78, 5) is 0. The highest BCUT2D eigenvalue weighted by Gasteiger charge is 2.01. The number of rotatable bonds is 5. The summed E-state index contributed by atoms with van der Waals surface area (Å²) in [7, 11) is 5.81. The summed E-state index contributed by atoms with van der Waals surface area (Å²) < 4.78 is 4.96. The molecule has 0 aromatic carbocycles.